The number of carbonyl (C=O) groups is 2. The molecule has 0 fully saturated rings. The zero-order valence-electron chi connectivity index (χ0n) is 12.2. The minimum absolute atomic E-state index is 0.00431. The molecule has 0 aliphatic carbocycles. The summed E-state index contributed by atoms with van der Waals surface area (Å²) in [7, 11) is 1.74. The van der Waals surface area contributed by atoms with E-state index in [1.165, 1.54) is 0 Å². The number of benzene rings is 1. The Labute approximate surface area is 119 Å². The number of carbonyl (C=O) groups excluding carboxylic acids is 2. The highest BCUT2D eigenvalue weighted by Crippen LogP contribution is 2.22. The van der Waals surface area contributed by atoms with E-state index >= 15 is 0 Å². The van der Waals surface area contributed by atoms with Crippen LogP contribution in [0, 0.1) is 0 Å². The summed E-state index contributed by atoms with van der Waals surface area (Å²) in [5.41, 5.74) is 12.5. The Balaban J connectivity index is 2.97. The van der Waals surface area contributed by atoms with E-state index < -0.39 is 5.91 Å². The summed E-state index contributed by atoms with van der Waals surface area (Å²) in [6.07, 6.45) is 0. The summed E-state index contributed by atoms with van der Waals surface area (Å²) in [6.45, 7) is 5.34. The van der Waals surface area contributed by atoms with Gasteiger partial charge < -0.3 is 21.3 Å². The molecule has 6 heteroatoms. The largest absolute Gasteiger partial charge is 0.399 e. The second-order valence-corrected chi connectivity index (χ2v) is 4.56. The lowest BCUT2D eigenvalue weighted by atomic mass is 10.1. The molecule has 1 aromatic rings. The molecule has 0 spiro atoms. The van der Waals surface area contributed by atoms with Crippen molar-refractivity contribution >= 4 is 23.2 Å². The zero-order chi connectivity index (χ0) is 15.3. The Bertz CT molecular complexity index is 498. The van der Waals surface area contributed by atoms with Crippen LogP contribution in [0.25, 0.3) is 0 Å². The first kappa shape index (κ1) is 15.8. The molecule has 0 saturated heterocycles. The first-order valence-electron chi connectivity index (χ1n) is 6.58. The fourth-order valence-corrected chi connectivity index (χ4v) is 2.04. The topological polar surface area (TPSA) is 92.7 Å². The van der Waals surface area contributed by atoms with Gasteiger partial charge in [0.05, 0.1) is 17.8 Å². The minimum atomic E-state index is -0.540. The van der Waals surface area contributed by atoms with E-state index in [1.807, 2.05) is 13.8 Å². The highest BCUT2D eigenvalue weighted by Gasteiger charge is 2.17. The number of amides is 2. The van der Waals surface area contributed by atoms with Crippen LogP contribution in [-0.2, 0) is 4.79 Å². The molecular formula is C14H22N4O2. The van der Waals surface area contributed by atoms with Crippen LogP contribution >= 0.6 is 0 Å². The van der Waals surface area contributed by atoms with Gasteiger partial charge in [-0.2, -0.15) is 0 Å². The van der Waals surface area contributed by atoms with Crippen LogP contribution in [0.2, 0.25) is 0 Å². The normalized spacial score (nSPS) is 10.2. The molecule has 0 aliphatic heterocycles. The molecule has 0 radical (unpaired) electrons. The monoisotopic (exact) mass is 278 g/mol. The van der Waals surface area contributed by atoms with Gasteiger partial charge in [0.25, 0.3) is 5.91 Å². The minimum Gasteiger partial charge on any atom is -0.399 e. The van der Waals surface area contributed by atoms with Gasteiger partial charge in [-0.1, -0.05) is 0 Å². The van der Waals surface area contributed by atoms with Crippen LogP contribution in [0.1, 0.15) is 24.2 Å². The Hall–Kier alpha value is -2.24. The van der Waals surface area contributed by atoms with Crippen molar-refractivity contribution in [1.82, 2.24) is 4.90 Å². The van der Waals surface area contributed by atoms with Gasteiger partial charge in [0.1, 0.15) is 0 Å². The molecule has 20 heavy (non-hydrogen) atoms. The van der Waals surface area contributed by atoms with Crippen LogP contribution in [0.3, 0.4) is 0 Å². The van der Waals surface area contributed by atoms with Gasteiger partial charge in [0.2, 0.25) is 5.91 Å². The van der Waals surface area contributed by atoms with Crippen molar-refractivity contribution in [3.8, 4) is 0 Å². The molecule has 1 aromatic carbocycles. The van der Waals surface area contributed by atoms with Crippen LogP contribution in [-0.4, -0.2) is 43.4 Å². The molecule has 0 bridgehead atoms. The summed E-state index contributed by atoms with van der Waals surface area (Å²) >= 11 is 0. The Morgan fingerprint density at radius 2 is 1.80 bits per heavy atom. The predicted octanol–water partition coefficient (Wildman–Crippen LogP) is 0.672. The second kappa shape index (κ2) is 6.79. The summed E-state index contributed by atoms with van der Waals surface area (Å²) in [5.74, 6) is -0.544. The maximum Gasteiger partial charge on any atom is 0.250 e. The summed E-state index contributed by atoms with van der Waals surface area (Å²) < 4.78 is 0. The lowest BCUT2D eigenvalue weighted by molar-refractivity contribution is -0.129. The average Bonchev–Trinajstić information content (AvgIpc) is 2.39. The molecule has 0 atom stereocenters. The SMILES string of the molecule is CCN(CC)C(=O)CN(C)c1cc(N)ccc1C(N)=O. The van der Waals surface area contributed by atoms with Crippen LogP contribution < -0.4 is 16.4 Å². The predicted molar refractivity (Wildman–Crippen MR) is 80.6 cm³/mol. The number of nitrogen functional groups attached to an aromatic ring is 1. The quantitative estimate of drug-likeness (QED) is 0.748. The van der Waals surface area contributed by atoms with Crippen molar-refractivity contribution in [1.29, 1.82) is 0 Å². The summed E-state index contributed by atoms with van der Waals surface area (Å²) in [4.78, 5) is 26.9. The number of rotatable bonds is 6. The first-order valence-corrected chi connectivity index (χ1v) is 6.58. The van der Waals surface area contributed by atoms with E-state index in [-0.39, 0.29) is 12.5 Å². The molecule has 4 N–H and O–H groups in total. The number of likely N-dealkylation sites (N-methyl/N-ethyl adjacent to an activating group) is 2. The lowest BCUT2D eigenvalue weighted by Crippen LogP contribution is -2.39. The van der Waals surface area contributed by atoms with Gasteiger partial charge in [-0.05, 0) is 32.0 Å². The number of anilines is 2. The van der Waals surface area contributed by atoms with Crippen molar-refractivity contribution in [3.05, 3.63) is 23.8 Å². The van der Waals surface area contributed by atoms with Gasteiger partial charge in [-0.25, -0.2) is 0 Å². The Morgan fingerprint density at radius 3 is 2.30 bits per heavy atom. The van der Waals surface area contributed by atoms with E-state index in [4.69, 9.17) is 11.5 Å². The number of primary amides is 1. The highest BCUT2D eigenvalue weighted by molar-refractivity contribution is 6.00. The maximum atomic E-state index is 12.1. The van der Waals surface area contributed by atoms with Gasteiger partial charge in [-0.15, -0.1) is 0 Å². The van der Waals surface area contributed by atoms with Crippen LogP contribution in [0.15, 0.2) is 18.2 Å². The van der Waals surface area contributed by atoms with Crippen molar-refractivity contribution in [3.63, 3.8) is 0 Å². The first-order chi connectivity index (χ1) is 9.40. The zero-order valence-corrected chi connectivity index (χ0v) is 12.2. The van der Waals surface area contributed by atoms with Gasteiger partial charge in [0, 0.05) is 25.8 Å². The smallest absolute Gasteiger partial charge is 0.250 e. The third kappa shape index (κ3) is 3.63. The van der Waals surface area contributed by atoms with Gasteiger partial charge >= 0.3 is 0 Å². The fraction of sp³-hybridized carbons (Fsp3) is 0.429. The number of hydrogen-bond donors (Lipinski definition) is 2. The van der Waals surface area contributed by atoms with Crippen molar-refractivity contribution in [2.24, 2.45) is 5.73 Å². The number of hydrogen-bond acceptors (Lipinski definition) is 4. The van der Waals surface area contributed by atoms with Crippen LogP contribution in [0.4, 0.5) is 11.4 Å². The van der Waals surface area contributed by atoms with E-state index in [0.717, 1.165) is 0 Å². The third-order valence-corrected chi connectivity index (χ3v) is 3.19. The average molecular weight is 278 g/mol. The van der Waals surface area contributed by atoms with Crippen LogP contribution in [0.5, 0.6) is 0 Å². The Kier molecular flexibility index (Phi) is 5.37. The molecule has 0 saturated carbocycles. The van der Waals surface area contributed by atoms with Crippen molar-refractivity contribution < 1.29 is 9.59 Å². The molecule has 0 aromatic heterocycles. The molecule has 0 unspecified atom stereocenters. The maximum absolute atomic E-state index is 12.1. The fourth-order valence-electron chi connectivity index (χ4n) is 2.04. The van der Waals surface area contributed by atoms with E-state index in [0.29, 0.717) is 30.0 Å². The second-order valence-electron chi connectivity index (χ2n) is 4.56. The summed E-state index contributed by atoms with van der Waals surface area (Å²) in [6, 6.07) is 4.84. The molecule has 1 rings (SSSR count). The molecule has 2 amide bonds. The van der Waals surface area contributed by atoms with Gasteiger partial charge in [-0.3, -0.25) is 9.59 Å². The summed E-state index contributed by atoms with van der Waals surface area (Å²) in [5, 5.41) is 0. The molecule has 0 aliphatic rings. The standard InChI is InChI=1S/C14H22N4O2/c1-4-18(5-2)13(19)9-17(3)12-8-10(15)6-7-11(12)14(16)20/h6-8H,4-5,9,15H2,1-3H3,(H2,16,20). The Morgan fingerprint density at radius 1 is 1.20 bits per heavy atom. The van der Waals surface area contributed by atoms with E-state index in [1.54, 1.807) is 35.0 Å². The highest BCUT2D eigenvalue weighted by atomic mass is 16.2. The van der Waals surface area contributed by atoms with Crippen molar-refractivity contribution in [2.45, 2.75) is 13.8 Å². The van der Waals surface area contributed by atoms with E-state index in [9.17, 15) is 9.59 Å². The molecule has 110 valence electrons. The third-order valence-electron chi connectivity index (χ3n) is 3.19. The molecular weight excluding hydrogens is 256 g/mol. The lowest BCUT2D eigenvalue weighted by Gasteiger charge is -2.25. The van der Waals surface area contributed by atoms with E-state index in [2.05, 4.69) is 0 Å². The molecule has 6 nitrogen and oxygen atoms in total. The number of nitrogens with zero attached hydrogens (tertiary/aromatic N) is 2. The van der Waals surface area contributed by atoms with Crippen molar-refractivity contribution in [2.75, 3.05) is 37.3 Å². The van der Waals surface area contributed by atoms with Gasteiger partial charge in [0.15, 0.2) is 0 Å². The number of nitrogens with two attached hydrogens (primary N) is 2. The molecule has 0 heterocycles.